The van der Waals surface area contributed by atoms with E-state index in [1.807, 2.05) is 55.4 Å². The average Bonchev–Trinajstić information content (AvgIpc) is 1.65. The van der Waals surface area contributed by atoms with Crippen molar-refractivity contribution in [2.45, 2.75) is 183 Å². The summed E-state index contributed by atoms with van der Waals surface area (Å²) in [5.41, 5.74) is 21.4. The summed E-state index contributed by atoms with van der Waals surface area (Å²) in [6.45, 7) is 42.5. The van der Waals surface area contributed by atoms with Crippen molar-refractivity contribution in [3.63, 3.8) is 0 Å². The van der Waals surface area contributed by atoms with Gasteiger partial charge in [-0.15, -0.1) is 0 Å². The van der Waals surface area contributed by atoms with Gasteiger partial charge in [0.15, 0.2) is 0 Å². The minimum absolute atomic E-state index is 0.0450. The third kappa shape index (κ3) is 11.6. The van der Waals surface area contributed by atoms with E-state index in [-0.39, 0.29) is 51.6 Å². The molecule has 0 N–H and O–H groups in total. The molecule has 5 aliphatic rings. The molecule has 2 aliphatic carbocycles. The van der Waals surface area contributed by atoms with Gasteiger partial charge in [-0.3, -0.25) is 0 Å². The quantitative estimate of drug-likeness (QED) is 0.140. The first-order chi connectivity index (χ1) is 41.1. The molecule has 0 saturated carbocycles. The average molecular weight is 1240 g/mol. The highest BCUT2D eigenvalue weighted by Gasteiger charge is 2.64. The van der Waals surface area contributed by atoms with Crippen molar-refractivity contribution in [1.29, 1.82) is 0 Å². The zero-order chi connectivity index (χ0) is 63.5. The maximum absolute atomic E-state index is 6.39. The zero-order valence-corrected chi connectivity index (χ0v) is 57.2. The van der Waals surface area contributed by atoms with E-state index in [0.717, 1.165) is 27.0 Å². The molecule has 3 heterocycles. The summed E-state index contributed by atoms with van der Waals surface area (Å²) < 4.78 is 37.8. The topological polar surface area (TPSA) is 61.9 Å². The molecule has 13 rings (SSSR count). The monoisotopic (exact) mass is 1240 g/mol. The maximum Gasteiger partial charge on any atom is 0.494 e. The lowest BCUT2D eigenvalue weighted by Gasteiger charge is -2.32. The van der Waals surface area contributed by atoms with E-state index >= 15 is 0 Å². The van der Waals surface area contributed by atoms with Crippen molar-refractivity contribution in [2.75, 3.05) is 9.80 Å². The molecule has 0 atom stereocenters. The van der Waals surface area contributed by atoms with Gasteiger partial charge in [0.1, 0.15) is 0 Å². The van der Waals surface area contributed by atoms with Gasteiger partial charge in [-0.25, -0.2) is 0 Å². The largest absolute Gasteiger partial charge is 0.494 e. The molecule has 0 unspecified atom stereocenters. The second-order valence-corrected chi connectivity index (χ2v) is 30.0. The molecule has 12 heteroatoms. The Morgan fingerprint density at radius 1 is 0.284 bits per heavy atom. The number of rotatable bonds is 8. The Balaban J connectivity index is 0.000000146. The molecule has 454 valence electrons. The highest BCUT2D eigenvalue weighted by atomic mass is 79.9. The first kappa shape index (κ1) is 63.4. The van der Waals surface area contributed by atoms with Crippen molar-refractivity contribution < 1.29 is 27.9 Å². The van der Waals surface area contributed by atoms with Gasteiger partial charge in [0.25, 0.3) is 0 Å². The Labute approximate surface area is 535 Å². The van der Waals surface area contributed by atoms with Crippen LogP contribution in [0.1, 0.15) is 155 Å². The Morgan fingerprint density at radius 3 is 0.852 bits per heavy atom. The fourth-order valence-corrected chi connectivity index (χ4v) is 12.9. The second kappa shape index (κ2) is 22.6. The number of fused-ring (bicyclic) bond motifs is 6. The molecule has 0 bridgehead atoms. The smallest absolute Gasteiger partial charge is 0.405 e. The van der Waals surface area contributed by atoms with E-state index in [0.29, 0.717) is 0 Å². The van der Waals surface area contributed by atoms with E-state index in [1.54, 1.807) is 0 Å². The SMILES string of the molecule is CC1(C)OB(B2OC(C)(C)C(C)(C)O2)OC1(C)C.Cc1ccc(N(c2ccc(C)cc2)c2ccc3c(c2)C(C)(C)c2cc(B4OC(C)(C)C(C)(C)O4)ccc2-3)cc1.Cc1ccc(N(c2ccc(C)cc2)c2ccc3c(c2)C(C)(C)c2cc(Br)ccc2-3)cc1. The lowest BCUT2D eigenvalue weighted by molar-refractivity contribution is 0.00578. The number of nitrogens with zero attached hydrogens (tertiary/aromatic N) is 2. The molecule has 3 saturated heterocycles. The van der Waals surface area contributed by atoms with Crippen LogP contribution in [0.5, 0.6) is 0 Å². The van der Waals surface area contributed by atoms with E-state index in [9.17, 15) is 0 Å². The van der Waals surface area contributed by atoms with Gasteiger partial charge in [-0.2, -0.15) is 0 Å². The highest BCUT2D eigenvalue weighted by Crippen LogP contribution is 2.53. The van der Waals surface area contributed by atoms with Crippen molar-refractivity contribution in [3.8, 4) is 22.3 Å². The van der Waals surface area contributed by atoms with E-state index < -0.39 is 14.0 Å². The standard InChI is InChI=1S/C35H38BNO2.C29H26BrN.C12H24B2O4/c1-23-9-14-26(15-10-23)37(27-16-11-24(2)12-17-27)28-18-20-30-29-19-13-25(21-31(29)33(3,4)32(30)22-28)36-38-34(5,6)35(7,8)39-36;1-19-5-10-22(11-6-19)31(23-12-7-20(2)8-13-23)24-14-16-26-25-15-9-21(30)17-27(25)29(3,4)28(26)18-24;1-9(2)10(3,4)16-13(15-9)14-17-11(5,6)12(7,8)18-14/h9-22H,1-8H3;5-18H,1-4H3;1-8H3. The molecular formula is C76H88B3BrN2O6. The zero-order valence-electron chi connectivity index (χ0n) is 55.6. The number of hydrogen-bond acceptors (Lipinski definition) is 8. The molecule has 0 amide bonds. The molecule has 0 radical (unpaired) electrons. The summed E-state index contributed by atoms with van der Waals surface area (Å²) in [6.07, 6.45) is 0. The number of benzene rings is 8. The number of hydrogen-bond donors (Lipinski definition) is 0. The Bertz CT molecular complexity index is 3740. The minimum Gasteiger partial charge on any atom is -0.405 e. The summed E-state index contributed by atoms with van der Waals surface area (Å²) in [5.74, 6) is 0. The van der Waals surface area contributed by atoms with E-state index in [2.05, 4.69) is 279 Å². The van der Waals surface area contributed by atoms with E-state index in [4.69, 9.17) is 27.9 Å². The van der Waals surface area contributed by atoms with Gasteiger partial charge in [-0.1, -0.05) is 151 Å². The van der Waals surface area contributed by atoms with Crippen molar-refractivity contribution in [2.24, 2.45) is 0 Å². The van der Waals surface area contributed by atoms with Gasteiger partial charge < -0.3 is 37.7 Å². The molecular weight excluding hydrogens is 1150 g/mol. The third-order valence-electron chi connectivity index (χ3n) is 20.3. The first-order valence-electron chi connectivity index (χ1n) is 31.3. The predicted molar refractivity (Wildman–Crippen MR) is 372 cm³/mol. The van der Waals surface area contributed by atoms with Crippen LogP contribution in [0.25, 0.3) is 22.3 Å². The summed E-state index contributed by atoms with van der Waals surface area (Å²) in [7, 11) is -1.32. The Hall–Kier alpha value is -6.21. The van der Waals surface area contributed by atoms with Crippen LogP contribution in [0.2, 0.25) is 0 Å². The van der Waals surface area contributed by atoms with Crippen LogP contribution in [0, 0.1) is 27.7 Å². The normalized spacial score (nSPS) is 19.4. The van der Waals surface area contributed by atoms with Crippen LogP contribution in [-0.4, -0.2) is 54.7 Å². The Morgan fingerprint density at radius 2 is 0.534 bits per heavy atom. The van der Waals surface area contributed by atoms with Crippen LogP contribution < -0.4 is 15.3 Å². The maximum atomic E-state index is 6.39. The van der Waals surface area contributed by atoms with Crippen molar-refractivity contribution >= 4 is 76.7 Å². The second-order valence-electron chi connectivity index (χ2n) is 29.1. The highest BCUT2D eigenvalue weighted by molar-refractivity contribution is 9.10. The van der Waals surface area contributed by atoms with Crippen LogP contribution in [0.15, 0.2) is 174 Å². The molecule has 8 aromatic rings. The lowest BCUT2D eigenvalue weighted by atomic mass is 9.49. The first-order valence-corrected chi connectivity index (χ1v) is 32.1. The van der Waals surface area contributed by atoms with E-state index in [1.165, 1.54) is 83.8 Å². The number of aryl methyl sites for hydroxylation is 4. The molecule has 8 aromatic carbocycles. The van der Waals surface area contributed by atoms with Gasteiger partial charge in [0, 0.05) is 49.4 Å². The predicted octanol–water partition coefficient (Wildman–Crippen LogP) is 19.5. The molecule has 0 spiro atoms. The van der Waals surface area contributed by atoms with Gasteiger partial charge in [-0.05, 0) is 246 Å². The van der Waals surface area contributed by atoms with Crippen molar-refractivity contribution in [1.82, 2.24) is 0 Å². The van der Waals surface area contributed by atoms with Crippen LogP contribution in [0.4, 0.5) is 34.1 Å². The molecule has 3 fully saturated rings. The fraction of sp³-hybridized carbons (Fsp3) is 0.368. The van der Waals surface area contributed by atoms with Gasteiger partial charge in [0.2, 0.25) is 0 Å². The molecule has 0 aromatic heterocycles. The van der Waals surface area contributed by atoms with Crippen LogP contribution in [0.3, 0.4) is 0 Å². The van der Waals surface area contributed by atoms with Crippen molar-refractivity contribution in [3.05, 3.63) is 219 Å². The Kier molecular flexibility index (Phi) is 16.3. The summed E-state index contributed by atoms with van der Waals surface area (Å²) in [6, 6.07) is 62.3. The third-order valence-corrected chi connectivity index (χ3v) is 20.8. The summed E-state index contributed by atoms with van der Waals surface area (Å²) >= 11 is 3.66. The molecule has 8 nitrogen and oxygen atoms in total. The molecule has 3 aliphatic heterocycles. The summed E-state index contributed by atoms with van der Waals surface area (Å²) in [4.78, 5) is 4.71. The number of halogens is 1. The van der Waals surface area contributed by atoms with Gasteiger partial charge in [0.05, 0.1) is 33.6 Å². The van der Waals surface area contributed by atoms with Crippen LogP contribution in [-0.2, 0) is 38.8 Å². The van der Waals surface area contributed by atoms with Crippen LogP contribution >= 0.6 is 15.9 Å². The number of anilines is 6. The lowest BCUT2D eigenvalue weighted by Crippen LogP contribution is -2.41. The molecule has 88 heavy (non-hydrogen) atoms. The fourth-order valence-electron chi connectivity index (χ4n) is 12.5. The minimum atomic E-state index is -0.476. The van der Waals surface area contributed by atoms with Gasteiger partial charge >= 0.3 is 21.1 Å². The summed E-state index contributed by atoms with van der Waals surface area (Å²) in [5, 5.41) is 0.